The molecule has 18 heavy (non-hydrogen) atoms. The molecule has 0 radical (unpaired) electrons. The molecule has 1 aromatic rings. The van der Waals surface area contributed by atoms with Crippen LogP contribution >= 0.6 is 11.6 Å². The van der Waals surface area contributed by atoms with E-state index in [0.29, 0.717) is 23.5 Å². The van der Waals surface area contributed by atoms with Crippen molar-refractivity contribution in [3.63, 3.8) is 0 Å². The van der Waals surface area contributed by atoms with Crippen LogP contribution in [0, 0.1) is 5.92 Å². The predicted molar refractivity (Wildman–Crippen MR) is 76.0 cm³/mol. The summed E-state index contributed by atoms with van der Waals surface area (Å²) in [5, 5.41) is 13.9. The molecule has 0 amide bonds. The normalized spacial score (nSPS) is 24.8. The summed E-state index contributed by atoms with van der Waals surface area (Å²) in [7, 11) is 0. The maximum Gasteiger partial charge on any atom is 0.138 e. The van der Waals surface area contributed by atoms with Crippen LogP contribution in [0.25, 0.3) is 0 Å². The summed E-state index contributed by atoms with van der Waals surface area (Å²) in [6.07, 6.45) is 6.55. The number of phenols is 1. The molecule has 1 aliphatic carbocycles. The molecular formula is C15H22ClNO. The van der Waals surface area contributed by atoms with E-state index in [4.69, 9.17) is 11.6 Å². The lowest BCUT2D eigenvalue weighted by atomic mass is 9.97. The highest BCUT2D eigenvalue weighted by Crippen LogP contribution is 2.28. The second-order valence-corrected chi connectivity index (χ2v) is 5.76. The van der Waals surface area contributed by atoms with E-state index in [9.17, 15) is 5.11 Å². The van der Waals surface area contributed by atoms with E-state index in [2.05, 4.69) is 12.2 Å². The van der Waals surface area contributed by atoms with Gasteiger partial charge in [0.15, 0.2) is 0 Å². The van der Waals surface area contributed by atoms with Crippen LogP contribution < -0.4 is 5.32 Å². The fourth-order valence-corrected chi connectivity index (χ4v) is 2.93. The maximum absolute atomic E-state index is 9.88. The Morgan fingerprint density at radius 2 is 2.06 bits per heavy atom. The Morgan fingerprint density at radius 1 is 1.28 bits per heavy atom. The highest BCUT2D eigenvalue weighted by atomic mass is 35.5. The summed E-state index contributed by atoms with van der Waals surface area (Å²) in [6, 6.07) is 6.09. The molecule has 0 bridgehead atoms. The van der Waals surface area contributed by atoms with E-state index < -0.39 is 0 Å². The molecule has 2 nitrogen and oxygen atoms in total. The van der Waals surface area contributed by atoms with Crippen molar-refractivity contribution in [3.8, 4) is 5.75 Å². The van der Waals surface area contributed by atoms with Gasteiger partial charge in [-0.05, 0) is 24.8 Å². The van der Waals surface area contributed by atoms with Gasteiger partial charge in [-0.25, -0.2) is 0 Å². The molecule has 0 heterocycles. The molecule has 0 saturated heterocycles. The number of para-hydroxylation sites is 1. The topological polar surface area (TPSA) is 32.3 Å². The minimum absolute atomic E-state index is 0.216. The van der Waals surface area contributed by atoms with Crippen LogP contribution in [0.4, 0.5) is 0 Å². The molecular weight excluding hydrogens is 246 g/mol. The van der Waals surface area contributed by atoms with E-state index >= 15 is 0 Å². The lowest BCUT2D eigenvalue weighted by Crippen LogP contribution is -2.33. The summed E-state index contributed by atoms with van der Waals surface area (Å²) < 4.78 is 0. The largest absolute Gasteiger partial charge is 0.506 e. The number of hydrogen-bond donors (Lipinski definition) is 2. The molecule has 2 rings (SSSR count). The van der Waals surface area contributed by atoms with E-state index in [1.807, 2.05) is 12.1 Å². The Bertz CT molecular complexity index is 394. The Hall–Kier alpha value is -0.730. The van der Waals surface area contributed by atoms with Crippen molar-refractivity contribution in [1.29, 1.82) is 0 Å². The first kappa shape index (κ1) is 13.7. The molecule has 100 valence electrons. The van der Waals surface area contributed by atoms with Crippen molar-refractivity contribution in [1.82, 2.24) is 5.32 Å². The summed E-state index contributed by atoms with van der Waals surface area (Å²) in [5.41, 5.74) is 0.888. The highest BCUT2D eigenvalue weighted by molar-refractivity contribution is 6.32. The minimum Gasteiger partial charge on any atom is -0.506 e. The third kappa shape index (κ3) is 3.39. The smallest absolute Gasteiger partial charge is 0.138 e. The van der Waals surface area contributed by atoms with Gasteiger partial charge in [0.05, 0.1) is 5.02 Å². The number of hydrogen-bond acceptors (Lipinski definition) is 2. The van der Waals surface area contributed by atoms with E-state index in [1.165, 1.54) is 32.1 Å². The van der Waals surface area contributed by atoms with Crippen molar-refractivity contribution >= 4 is 11.6 Å². The van der Waals surface area contributed by atoms with Crippen molar-refractivity contribution in [2.24, 2.45) is 5.92 Å². The molecule has 1 aliphatic rings. The number of rotatable bonds is 3. The van der Waals surface area contributed by atoms with Crippen LogP contribution in [0.5, 0.6) is 5.75 Å². The average molecular weight is 268 g/mol. The van der Waals surface area contributed by atoms with Gasteiger partial charge >= 0.3 is 0 Å². The highest BCUT2D eigenvalue weighted by Gasteiger charge is 2.19. The first-order chi connectivity index (χ1) is 8.68. The third-order valence-electron chi connectivity index (χ3n) is 3.99. The van der Waals surface area contributed by atoms with Gasteiger partial charge in [0.25, 0.3) is 0 Å². The van der Waals surface area contributed by atoms with Crippen LogP contribution in [-0.4, -0.2) is 11.1 Å². The zero-order valence-electron chi connectivity index (χ0n) is 11.0. The lowest BCUT2D eigenvalue weighted by Gasteiger charge is -2.23. The Labute approximate surface area is 114 Å². The number of nitrogens with one attached hydrogen (secondary N) is 1. The van der Waals surface area contributed by atoms with Crippen LogP contribution in [0.2, 0.25) is 5.02 Å². The number of benzene rings is 1. The molecule has 3 heteroatoms. The SMILES string of the molecule is CC1CCCCCC1NCc1cccc(Cl)c1O. The quantitative estimate of drug-likeness (QED) is 0.808. The van der Waals surface area contributed by atoms with E-state index in [0.717, 1.165) is 5.56 Å². The van der Waals surface area contributed by atoms with Gasteiger partial charge in [0.2, 0.25) is 0 Å². The van der Waals surface area contributed by atoms with Crippen molar-refractivity contribution in [3.05, 3.63) is 28.8 Å². The minimum atomic E-state index is 0.216. The Kier molecular flexibility index (Phi) is 4.90. The maximum atomic E-state index is 9.88. The van der Waals surface area contributed by atoms with E-state index in [-0.39, 0.29) is 5.75 Å². The second-order valence-electron chi connectivity index (χ2n) is 5.35. The van der Waals surface area contributed by atoms with Gasteiger partial charge in [0, 0.05) is 18.2 Å². The number of phenolic OH excluding ortho intramolecular Hbond substituents is 1. The fourth-order valence-electron chi connectivity index (χ4n) is 2.74. The van der Waals surface area contributed by atoms with Crippen LogP contribution in [0.15, 0.2) is 18.2 Å². The van der Waals surface area contributed by atoms with Gasteiger partial charge in [0.1, 0.15) is 5.75 Å². The lowest BCUT2D eigenvalue weighted by molar-refractivity contribution is 0.353. The third-order valence-corrected chi connectivity index (χ3v) is 4.29. The molecule has 0 aromatic heterocycles. The van der Waals surface area contributed by atoms with Gasteiger partial charge in [-0.3, -0.25) is 0 Å². The summed E-state index contributed by atoms with van der Waals surface area (Å²) in [5.74, 6) is 0.932. The van der Waals surface area contributed by atoms with Crippen molar-refractivity contribution in [2.45, 2.75) is 51.6 Å². The van der Waals surface area contributed by atoms with Gasteiger partial charge in [-0.15, -0.1) is 0 Å². The molecule has 1 aromatic carbocycles. The Balaban J connectivity index is 1.95. The number of halogens is 1. The van der Waals surface area contributed by atoms with Crippen molar-refractivity contribution in [2.75, 3.05) is 0 Å². The van der Waals surface area contributed by atoms with Gasteiger partial charge in [-0.1, -0.05) is 49.9 Å². The molecule has 0 aliphatic heterocycles. The molecule has 0 spiro atoms. The van der Waals surface area contributed by atoms with Gasteiger partial charge < -0.3 is 10.4 Å². The second kappa shape index (κ2) is 6.44. The first-order valence-electron chi connectivity index (χ1n) is 6.88. The summed E-state index contributed by atoms with van der Waals surface area (Å²) >= 11 is 5.91. The molecule has 1 saturated carbocycles. The van der Waals surface area contributed by atoms with Gasteiger partial charge in [-0.2, -0.15) is 0 Å². The number of aromatic hydroxyl groups is 1. The Morgan fingerprint density at radius 3 is 2.89 bits per heavy atom. The molecule has 2 unspecified atom stereocenters. The standard InChI is InChI=1S/C15H22ClNO/c1-11-6-3-2-4-9-14(11)17-10-12-7-5-8-13(16)15(12)18/h5,7-8,11,14,17-18H,2-4,6,9-10H2,1H3. The fraction of sp³-hybridized carbons (Fsp3) is 0.600. The molecule has 1 fully saturated rings. The average Bonchev–Trinajstić information content (AvgIpc) is 2.56. The zero-order valence-corrected chi connectivity index (χ0v) is 11.7. The predicted octanol–water partition coefficient (Wildman–Crippen LogP) is 4.10. The zero-order chi connectivity index (χ0) is 13.0. The van der Waals surface area contributed by atoms with Crippen LogP contribution in [-0.2, 0) is 6.54 Å². The monoisotopic (exact) mass is 267 g/mol. The van der Waals surface area contributed by atoms with E-state index in [1.54, 1.807) is 6.07 Å². The molecule has 2 N–H and O–H groups in total. The first-order valence-corrected chi connectivity index (χ1v) is 7.26. The van der Waals surface area contributed by atoms with Crippen molar-refractivity contribution < 1.29 is 5.11 Å². The molecule has 2 atom stereocenters. The summed E-state index contributed by atoms with van der Waals surface area (Å²) in [6.45, 7) is 3.02. The van der Waals surface area contributed by atoms with Crippen LogP contribution in [0.1, 0.15) is 44.6 Å². The summed E-state index contributed by atoms with van der Waals surface area (Å²) in [4.78, 5) is 0. The van der Waals surface area contributed by atoms with Crippen LogP contribution in [0.3, 0.4) is 0 Å².